The first-order valence-electron chi connectivity index (χ1n) is 9.61. The van der Waals surface area contributed by atoms with Gasteiger partial charge < -0.3 is 0 Å². The summed E-state index contributed by atoms with van der Waals surface area (Å²) >= 11 is 1.49. The lowest BCUT2D eigenvalue weighted by molar-refractivity contribution is -0.111. The highest BCUT2D eigenvalue weighted by molar-refractivity contribution is 8.13. The fraction of sp³-hybridized carbons (Fsp3) is 0.850. The second-order valence-corrected chi connectivity index (χ2v) is 7.31. The maximum Gasteiger partial charge on any atom is 0.189 e. The highest BCUT2D eigenvalue weighted by Gasteiger charge is 2.00. The lowest BCUT2D eigenvalue weighted by Crippen LogP contribution is -1.92. The van der Waals surface area contributed by atoms with Crippen LogP contribution in [0.25, 0.3) is 0 Å². The van der Waals surface area contributed by atoms with Gasteiger partial charge in [-0.05, 0) is 19.3 Å². The molecule has 130 valence electrons. The lowest BCUT2D eigenvalue weighted by Gasteiger charge is -2.00. The molecule has 0 rings (SSSR count). The predicted molar refractivity (Wildman–Crippen MR) is 103 cm³/mol. The lowest BCUT2D eigenvalue weighted by atomic mass is 10.1. The number of hydrogen-bond donors (Lipinski definition) is 0. The fourth-order valence-electron chi connectivity index (χ4n) is 2.49. The van der Waals surface area contributed by atoms with Crippen molar-refractivity contribution in [3.8, 4) is 0 Å². The first kappa shape index (κ1) is 21.8. The number of thioether (sulfide) groups is 1. The summed E-state index contributed by atoms with van der Waals surface area (Å²) in [6, 6.07) is 0. The monoisotopic (exact) mass is 326 g/mol. The SMILES string of the molecule is CCCCCCCCC=CCSC(=O)CCCCCCCC. The van der Waals surface area contributed by atoms with Crippen LogP contribution < -0.4 is 0 Å². The van der Waals surface area contributed by atoms with Gasteiger partial charge in [-0.3, -0.25) is 4.79 Å². The molecule has 0 aliphatic rings. The van der Waals surface area contributed by atoms with Crippen LogP contribution in [0.5, 0.6) is 0 Å². The quantitative estimate of drug-likeness (QED) is 0.218. The van der Waals surface area contributed by atoms with Gasteiger partial charge in [0.25, 0.3) is 0 Å². The number of hydrogen-bond acceptors (Lipinski definition) is 2. The van der Waals surface area contributed by atoms with E-state index < -0.39 is 0 Å². The molecule has 0 fully saturated rings. The molecule has 0 saturated heterocycles. The molecule has 0 spiro atoms. The van der Waals surface area contributed by atoms with E-state index in [4.69, 9.17) is 0 Å². The average Bonchev–Trinajstić information content (AvgIpc) is 2.52. The van der Waals surface area contributed by atoms with Crippen LogP contribution >= 0.6 is 11.8 Å². The first-order chi connectivity index (χ1) is 10.8. The van der Waals surface area contributed by atoms with Crippen LogP contribution in [0, 0.1) is 0 Å². The Morgan fingerprint density at radius 2 is 1.27 bits per heavy atom. The molecule has 0 aromatic carbocycles. The number of allylic oxidation sites excluding steroid dienone is 1. The van der Waals surface area contributed by atoms with Crippen molar-refractivity contribution >= 4 is 16.9 Å². The Hall–Kier alpha value is -0.240. The van der Waals surface area contributed by atoms with Gasteiger partial charge in [-0.25, -0.2) is 0 Å². The van der Waals surface area contributed by atoms with E-state index in [1.807, 2.05) is 0 Å². The molecule has 0 saturated carbocycles. The van der Waals surface area contributed by atoms with Crippen molar-refractivity contribution in [3.05, 3.63) is 12.2 Å². The molecule has 0 aliphatic heterocycles. The van der Waals surface area contributed by atoms with Crippen LogP contribution in [0.2, 0.25) is 0 Å². The molecule has 1 nitrogen and oxygen atoms in total. The minimum Gasteiger partial charge on any atom is -0.287 e. The molecule has 2 heteroatoms. The van der Waals surface area contributed by atoms with Crippen LogP contribution in [0.3, 0.4) is 0 Å². The summed E-state index contributed by atoms with van der Waals surface area (Å²) < 4.78 is 0. The standard InChI is InChI=1S/C20H38OS/c1-3-5-7-9-11-12-13-15-17-19-22-20(21)18-16-14-10-8-6-4-2/h15,17H,3-14,16,18-19H2,1-2H3. The molecule has 0 aliphatic carbocycles. The minimum absolute atomic E-state index is 0.375. The molecule has 0 radical (unpaired) electrons. The topological polar surface area (TPSA) is 17.1 Å². The third-order valence-electron chi connectivity index (χ3n) is 3.97. The number of carbonyl (C=O) groups excluding carboxylic acids is 1. The van der Waals surface area contributed by atoms with Crippen LogP contribution in [0.4, 0.5) is 0 Å². The number of unbranched alkanes of at least 4 members (excludes halogenated alkanes) is 11. The summed E-state index contributed by atoms with van der Waals surface area (Å²) in [6.07, 6.45) is 22.1. The second-order valence-electron chi connectivity index (χ2n) is 6.23. The van der Waals surface area contributed by atoms with Crippen molar-refractivity contribution in [1.29, 1.82) is 0 Å². The third-order valence-corrected chi connectivity index (χ3v) is 4.85. The highest BCUT2D eigenvalue weighted by Crippen LogP contribution is 2.13. The van der Waals surface area contributed by atoms with E-state index in [1.54, 1.807) is 0 Å². The fourth-order valence-corrected chi connectivity index (χ4v) is 3.20. The van der Waals surface area contributed by atoms with Crippen molar-refractivity contribution in [2.75, 3.05) is 5.75 Å². The Morgan fingerprint density at radius 1 is 0.727 bits per heavy atom. The molecule has 0 aromatic heterocycles. The first-order valence-corrected chi connectivity index (χ1v) is 10.6. The summed E-state index contributed by atoms with van der Waals surface area (Å²) in [5.41, 5.74) is 0. The van der Waals surface area contributed by atoms with Gasteiger partial charge in [-0.15, -0.1) is 0 Å². The summed E-state index contributed by atoms with van der Waals surface area (Å²) in [5.74, 6) is 0.866. The van der Waals surface area contributed by atoms with Crippen LogP contribution in [0.15, 0.2) is 12.2 Å². The Bertz CT molecular complexity index is 260. The van der Waals surface area contributed by atoms with Gasteiger partial charge >= 0.3 is 0 Å². The van der Waals surface area contributed by atoms with Gasteiger partial charge in [0.2, 0.25) is 0 Å². The van der Waals surface area contributed by atoms with Crippen molar-refractivity contribution in [3.63, 3.8) is 0 Å². The molecule has 0 N–H and O–H groups in total. The molecule has 22 heavy (non-hydrogen) atoms. The smallest absolute Gasteiger partial charge is 0.189 e. The number of carbonyl (C=O) groups is 1. The summed E-state index contributed by atoms with van der Waals surface area (Å²) in [5, 5.41) is 0.375. The van der Waals surface area contributed by atoms with Gasteiger partial charge in [-0.2, -0.15) is 0 Å². The molecule has 0 atom stereocenters. The number of rotatable bonds is 16. The van der Waals surface area contributed by atoms with Crippen molar-refractivity contribution in [2.45, 2.75) is 104 Å². The van der Waals surface area contributed by atoms with Crippen LogP contribution in [-0.2, 0) is 4.79 Å². The zero-order valence-electron chi connectivity index (χ0n) is 15.1. The van der Waals surface area contributed by atoms with E-state index in [0.29, 0.717) is 5.12 Å². The van der Waals surface area contributed by atoms with E-state index in [2.05, 4.69) is 26.0 Å². The van der Waals surface area contributed by atoms with Crippen LogP contribution in [-0.4, -0.2) is 10.9 Å². The van der Waals surface area contributed by atoms with E-state index in [-0.39, 0.29) is 0 Å². The summed E-state index contributed by atoms with van der Waals surface area (Å²) in [4.78, 5) is 11.7. The minimum atomic E-state index is 0.375. The molecule has 0 bridgehead atoms. The molecular weight excluding hydrogens is 288 g/mol. The van der Waals surface area contributed by atoms with Gasteiger partial charge in [0.1, 0.15) is 0 Å². The van der Waals surface area contributed by atoms with Crippen LogP contribution in [0.1, 0.15) is 104 Å². The second kappa shape index (κ2) is 18.8. The molecular formula is C20H38OS. The Morgan fingerprint density at radius 3 is 1.91 bits per heavy atom. The van der Waals surface area contributed by atoms with Crippen molar-refractivity contribution < 1.29 is 4.79 Å². The molecule has 0 amide bonds. The van der Waals surface area contributed by atoms with Gasteiger partial charge in [0.15, 0.2) is 5.12 Å². The molecule has 0 unspecified atom stereocenters. The van der Waals surface area contributed by atoms with Gasteiger partial charge in [0, 0.05) is 12.2 Å². The average molecular weight is 327 g/mol. The maximum atomic E-state index is 11.7. The van der Waals surface area contributed by atoms with Crippen molar-refractivity contribution in [2.24, 2.45) is 0 Å². The van der Waals surface area contributed by atoms with E-state index >= 15 is 0 Å². The van der Waals surface area contributed by atoms with Gasteiger partial charge in [-0.1, -0.05) is 102 Å². The summed E-state index contributed by atoms with van der Waals surface area (Å²) in [6.45, 7) is 4.49. The largest absolute Gasteiger partial charge is 0.287 e. The molecule has 0 heterocycles. The summed E-state index contributed by atoms with van der Waals surface area (Å²) in [7, 11) is 0. The third kappa shape index (κ3) is 17.8. The Labute approximate surface area is 143 Å². The highest BCUT2D eigenvalue weighted by atomic mass is 32.2. The zero-order chi connectivity index (χ0) is 16.3. The maximum absolute atomic E-state index is 11.7. The van der Waals surface area contributed by atoms with E-state index in [0.717, 1.165) is 18.6 Å². The Kier molecular flexibility index (Phi) is 18.6. The van der Waals surface area contributed by atoms with Gasteiger partial charge in [0.05, 0.1) is 0 Å². The zero-order valence-corrected chi connectivity index (χ0v) is 15.9. The molecule has 0 aromatic rings. The van der Waals surface area contributed by atoms with E-state index in [9.17, 15) is 4.79 Å². The van der Waals surface area contributed by atoms with Crippen molar-refractivity contribution in [1.82, 2.24) is 0 Å². The Balaban J connectivity index is 3.24. The predicted octanol–water partition coefficient (Wildman–Crippen LogP) is 7.30. The normalized spacial score (nSPS) is 11.4. The van der Waals surface area contributed by atoms with E-state index in [1.165, 1.54) is 88.8 Å².